The normalized spacial score (nSPS) is 18.8. The molecule has 1 aromatic rings. The maximum Gasteiger partial charge on any atom is 0.250 e. The van der Waals surface area contributed by atoms with E-state index in [0.29, 0.717) is 5.25 Å². The number of carbonyl (C=O) groups is 1. The van der Waals surface area contributed by atoms with E-state index in [1.54, 1.807) is 6.08 Å². The molecule has 0 fully saturated rings. The van der Waals surface area contributed by atoms with Crippen LogP contribution in [-0.4, -0.2) is 17.7 Å². The molecule has 0 N–H and O–H groups in total. The van der Waals surface area contributed by atoms with Crippen LogP contribution >= 0.6 is 11.8 Å². The molecule has 1 heterocycles. The fourth-order valence-electron chi connectivity index (χ4n) is 2.04. The van der Waals surface area contributed by atoms with E-state index in [0.717, 1.165) is 24.2 Å². The molecule has 1 atom stereocenters. The molecule has 1 aliphatic heterocycles. The molecular formula is C15H19NOS. The van der Waals surface area contributed by atoms with Crippen LogP contribution in [0.2, 0.25) is 0 Å². The number of fused-ring (bicyclic) bond motifs is 1. The second kappa shape index (κ2) is 5.61. The number of allylic oxidation sites excluding steroid dienone is 1. The first-order valence-electron chi connectivity index (χ1n) is 6.30. The largest absolute Gasteiger partial charge is 0.308 e. The number of amides is 1. The molecule has 0 spiro atoms. The van der Waals surface area contributed by atoms with E-state index >= 15 is 0 Å². The topological polar surface area (TPSA) is 20.3 Å². The van der Waals surface area contributed by atoms with Gasteiger partial charge in [0, 0.05) is 22.8 Å². The third-order valence-electron chi connectivity index (χ3n) is 2.92. The van der Waals surface area contributed by atoms with Crippen molar-refractivity contribution in [2.45, 2.75) is 37.3 Å². The van der Waals surface area contributed by atoms with Gasteiger partial charge >= 0.3 is 0 Å². The summed E-state index contributed by atoms with van der Waals surface area (Å²) in [6.07, 6.45) is 2.75. The van der Waals surface area contributed by atoms with Crippen molar-refractivity contribution >= 4 is 23.4 Å². The summed E-state index contributed by atoms with van der Waals surface area (Å²) in [5, 5.41) is 0.552. The molecule has 0 saturated carbocycles. The van der Waals surface area contributed by atoms with Crippen LogP contribution in [0.1, 0.15) is 27.2 Å². The van der Waals surface area contributed by atoms with Gasteiger partial charge in [-0.3, -0.25) is 4.79 Å². The molecular weight excluding hydrogens is 242 g/mol. The summed E-state index contributed by atoms with van der Waals surface area (Å²) in [7, 11) is 0. The quantitative estimate of drug-likeness (QED) is 0.715. The van der Waals surface area contributed by atoms with Crippen LogP contribution in [0.4, 0.5) is 5.69 Å². The summed E-state index contributed by atoms with van der Waals surface area (Å²) < 4.78 is 0. The van der Waals surface area contributed by atoms with Crippen molar-refractivity contribution in [1.29, 1.82) is 0 Å². The molecule has 2 rings (SSSR count). The Hall–Kier alpha value is -1.22. The number of thioether (sulfide) groups is 1. The van der Waals surface area contributed by atoms with Gasteiger partial charge in [-0.2, -0.15) is 0 Å². The van der Waals surface area contributed by atoms with E-state index in [1.165, 1.54) is 4.90 Å². The lowest BCUT2D eigenvalue weighted by Crippen LogP contribution is -2.30. The summed E-state index contributed by atoms with van der Waals surface area (Å²) in [6, 6.07) is 8.17. The molecule has 1 aliphatic rings. The van der Waals surface area contributed by atoms with Gasteiger partial charge in [-0.05, 0) is 32.4 Å². The number of rotatable bonds is 1. The van der Waals surface area contributed by atoms with Crippen molar-refractivity contribution in [1.82, 2.24) is 0 Å². The minimum atomic E-state index is 0.0946. The highest BCUT2D eigenvalue weighted by Crippen LogP contribution is 2.37. The fourth-order valence-corrected chi connectivity index (χ4v) is 3.15. The lowest BCUT2D eigenvalue weighted by Gasteiger charge is -2.21. The summed E-state index contributed by atoms with van der Waals surface area (Å²) in [6.45, 7) is 6.93. The summed E-state index contributed by atoms with van der Waals surface area (Å²) >= 11 is 1.86. The van der Waals surface area contributed by atoms with Crippen LogP contribution in [-0.2, 0) is 4.79 Å². The van der Waals surface area contributed by atoms with Gasteiger partial charge in [0.25, 0.3) is 5.91 Å². The van der Waals surface area contributed by atoms with Crippen LogP contribution in [0.25, 0.3) is 0 Å². The summed E-state index contributed by atoms with van der Waals surface area (Å²) in [4.78, 5) is 15.4. The lowest BCUT2D eigenvalue weighted by atomic mass is 10.2. The molecule has 0 unspecified atom stereocenters. The number of benzene rings is 1. The minimum absolute atomic E-state index is 0.0946. The second-order valence-corrected chi connectivity index (χ2v) is 6.38. The van der Waals surface area contributed by atoms with E-state index in [9.17, 15) is 4.79 Å². The molecule has 18 heavy (non-hydrogen) atoms. The molecule has 1 amide bonds. The van der Waals surface area contributed by atoms with Crippen LogP contribution in [0, 0.1) is 0 Å². The van der Waals surface area contributed by atoms with Gasteiger partial charge in [0.05, 0.1) is 5.69 Å². The van der Waals surface area contributed by atoms with Crippen LogP contribution in [0.3, 0.4) is 0 Å². The molecule has 96 valence electrons. The number of para-hydroxylation sites is 1. The molecule has 1 aromatic carbocycles. The van der Waals surface area contributed by atoms with E-state index in [2.05, 4.69) is 13.0 Å². The molecule has 0 radical (unpaired) electrons. The lowest BCUT2D eigenvalue weighted by molar-refractivity contribution is -0.114. The third kappa shape index (κ3) is 2.96. The highest BCUT2D eigenvalue weighted by atomic mass is 32.2. The van der Waals surface area contributed by atoms with Crippen molar-refractivity contribution in [3.63, 3.8) is 0 Å². The number of carbonyl (C=O) groups excluding carboxylic acids is 1. The molecule has 3 heteroatoms. The second-order valence-electron chi connectivity index (χ2n) is 4.90. The van der Waals surface area contributed by atoms with Gasteiger partial charge in [0.15, 0.2) is 0 Å². The predicted octanol–water partition coefficient (Wildman–Crippen LogP) is 3.87. The predicted molar refractivity (Wildman–Crippen MR) is 78.2 cm³/mol. The molecule has 2 nitrogen and oxygen atoms in total. The van der Waals surface area contributed by atoms with Gasteiger partial charge in [0.1, 0.15) is 0 Å². The highest BCUT2D eigenvalue weighted by molar-refractivity contribution is 8.00. The van der Waals surface area contributed by atoms with E-state index < -0.39 is 0 Å². The minimum Gasteiger partial charge on any atom is -0.308 e. The Bertz CT molecular complexity index is 477. The Labute approximate surface area is 113 Å². The SMILES string of the molecule is CC(C)=CC(=O)N1CC[C@@H](C)Sc2ccccc21. The van der Waals surface area contributed by atoms with Gasteiger partial charge in [-0.25, -0.2) is 0 Å². The Kier molecular flexibility index (Phi) is 4.12. The van der Waals surface area contributed by atoms with Crippen molar-refractivity contribution in [2.75, 3.05) is 11.4 Å². The zero-order chi connectivity index (χ0) is 13.1. The van der Waals surface area contributed by atoms with Crippen molar-refractivity contribution in [2.24, 2.45) is 0 Å². The Balaban J connectivity index is 2.37. The molecule has 0 aliphatic carbocycles. The average Bonchev–Trinajstić information content (AvgIpc) is 2.46. The molecule has 0 aromatic heterocycles. The Morgan fingerprint density at radius 1 is 1.39 bits per heavy atom. The van der Waals surface area contributed by atoms with Crippen molar-refractivity contribution in [3.8, 4) is 0 Å². The van der Waals surface area contributed by atoms with Gasteiger partial charge in [-0.1, -0.05) is 24.6 Å². The van der Waals surface area contributed by atoms with E-state index in [4.69, 9.17) is 0 Å². The Morgan fingerprint density at radius 3 is 2.83 bits per heavy atom. The van der Waals surface area contributed by atoms with Crippen LogP contribution in [0.15, 0.2) is 40.8 Å². The number of nitrogens with zero attached hydrogens (tertiary/aromatic N) is 1. The summed E-state index contributed by atoms with van der Waals surface area (Å²) in [5.74, 6) is 0.0946. The summed E-state index contributed by atoms with van der Waals surface area (Å²) in [5.41, 5.74) is 2.09. The van der Waals surface area contributed by atoms with E-state index in [1.807, 2.05) is 48.7 Å². The standard InChI is InChI=1S/C15H19NOS/c1-11(2)10-15(17)16-9-8-12(3)18-14-7-5-4-6-13(14)16/h4-7,10,12H,8-9H2,1-3H3/t12-/m1/s1. The van der Waals surface area contributed by atoms with Gasteiger partial charge in [0.2, 0.25) is 0 Å². The monoisotopic (exact) mass is 261 g/mol. The number of hydrogen-bond acceptors (Lipinski definition) is 2. The van der Waals surface area contributed by atoms with Gasteiger partial charge < -0.3 is 4.90 Å². The maximum atomic E-state index is 12.3. The highest BCUT2D eigenvalue weighted by Gasteiger charge is 2.22. The van der Waals surface area contributed by atoms with Crippen molar-refractivity contribution in [3.05, 3.63) is 35.9 Å². The van der Waals surface area contributed by atoms with Gasteiger partial charge in [-0.15, -0.1) is 11.8 Å². The zero-order valence-corrected chi connectivity index (χ0v) is 12.0. The Morgan fingerprint density at radius 2 is 2.11 bits per heavy atom. The zero-order valence-electron chi connectivity index (χ0n) is 11.1. The average molecular weight is 261 g/mol. The van der Waals surface area contributed by atoms with Crippen molar-refractivity contribution < 1.29 is 4.79 Å². The van der Waals surface area contributed by atoms with E-state index in [-0.39, 0.29) is 5.91 Å². The molecule has 0 bridgehead atoms. The first kappa shape index (κ1) is 13.2. The third-order valence-corrected chi connectivity index (χ3v) is 4.16. The van der Waals surface area contributed by atoms with Crippen LogP contribution < -0.4 is 4.90 Å². The first-order chi connectivity index (χ1) is 8.58. The molecule has 0 saturated heterocycles. The first-order valence-corrected chi connectivity index (χ1v) is 7.18. The number of hydrogen-bond donors (Lipinski definition) is 0. The number of anilines is 1. The van der Waals surface area contributed by atoms with Crippen LogP contribution in [0.5, 0.6) is 0 Å². The smallest absolute Gasteiger partial charge is 0.250 e. The fraction of sp³-hybridized carbons (Fsp3) is 0.400. The maximum absolute atomic E-state index is 12.3.